The monoisotopic (exact) mass is 489 g/mol. The van der Waals surface area contributed by atoms with E-state index < -0.39 is 5.54 Å². The van der Waals surface area contributed by atoms with E-state index in [0.717, 1.165) is 42.1 Å². The molecule has 7 nitrogen and oxygen atoms in total. The lowest BCUT2D eigenvalue weighted by Crippen LogP contribution is -2.64. The van der Waals surface area contributed by atoms with E-state index in [-0.39, 0.29) is 24.4 Å². The summed E-state index contributed by atoms with van der Waals surface area (Å²) in [5.74, 6) is 0.900. The molecule has 0 bridgehead atoms. The van der Waals surface area contributed by atoms with Crippen LogP contribution in [0.4, 0.5) is 0 Å². The minimum absolute atomic E-state index is 0.104. The smallest absolute Gasteiger partial charge is 0.271 e. The average Bonchev–Trinajstić information content (AvgIpc) is 3.06. The zero-order valence-electron chi connectivity index (χ0n) is 21.4. The van der Waals surface area contributed by atoms with Gasteiger partial charge in [0, 0.05) is 22.5 Å². The Kier molecular flexibility index (Phi) is 6.65. The molecule has 36 heavy (non-hydrogen) atoms. The minimum Gasteiger partial charge on any atom is -0.493 e. The normalized spacial score (nSPS) is 20.6. The van der Waals surface area contributed by atoms with Crippen LogP contribution in [0.5, 0.6) is 11.5 Å². The number of amides is 2. The highest BCUT2D eigenvalue weighted by atomic mass is 16.5. The molecule has 0 spiro atoms. The Hall–Kier alpha value is -3.48. The number of aromatic nitrogens is 1. The number of ether oxygens (including phenoxy) is 2. The zero-order chi connectivity index (χ0) is 25.3. The van der Waals surface area contributed by atoms with Crippen molar-refractivity contribution in [3.63, 3.8) is 0 Å². The van der Waals surface area contributed by atoms with Crippen LogP contribution in [0.1, 0.15) is 61.5 Å². The molecular formula is C29H35N3O4. The largest absolute Gasteiger partial charge is 0.493 e. The molecule has 1 fully saturated rings. The summed E-state index contributed by atoms with van der Waals surface area (Å²) in [5, 5.41) is 4.32. The van der Waals surface area contributed by atoms with Gasteiger partial charge in [0.1, 0.15) is 11.2 Å². The lowest BCUT2D eigenvalue weighted by atomic mass is 9.92. The molecule has 1 aliphatic heterocycles. The maximum atomic E-state index is 14.1. The third-order valence-corrected chi connectivity index (χ3v) is 7.83. The molecule has 7 heteroatoms. The van der Waals surface area contributed by atoms with Crippen molar-refractivity contribution in [2.75, 3.05) is 14.2 Å². The molecule has 2 aliphatic rings. The number of methoxy groups -OCH3 is 2. The van der Waals surface area contributed by atoms with Crippen LogP contribution < -0.4 is 14.8 Å². The first-order chi connectivity index (χ1) is 17.5. The molecule has 1 saturated carbocycles. The number of benzene rings is 2. The fraction of sp³-hybridized carbons (Fsp3) is 0.448. The highest BCUT2D eigenvalue weighted by Gasteiger charge is 2.48. The van der Waals surface area contributed by atoms with Gasteiger partial charge in [-0.1, -0.05) is 56.0 Å². The van der Waals surface area contributed by atoms with Crippen molar-refractivity contribution in [3.8, 4) is 11.5 Å². The van der Waals surface area contributed by atoms with Gasteiger partial charge in [-0.15, -0.1) is 0 Å². The van der Waals surface area contributed by atoms with Crippen LogP contribution >= 0.6 is 0 Å². The van der Waals surface area contributed by atoms with Crippen molar-refractivity contribution < 1.29 is 19.1 Å². The molecule has 1 aliphatic carbocycles. The van der Waals surface area contributed by atoms with Crippen LogP contribution in [0, 0.1) is 0 Å². The summed E-state index contributed by atoms with van der Waals surface area (Å²) in [7, 11) is 3.19. The van der Waals surface area contributed by atoms with Gasteiger partial charge >= 0.3 is 0 Å². The number of carbonyl (C=O) groups is 2. The van der Waals surface area contributed by atoms with E-state index in [1.165, 1.54) is 12.8 Å². The SMILES string of the molecule is COc1cccc(CN2C(=O)c3cc4ccccc4n3C[C@]2(C)C(=O)NC2CCCCCC2)c1OC. The summed E-state index contributed by atoms with van der Waals surface area (Å²) >= 11 is 0. The Morgan fingerprint density at radius 1 is 1.03 bits per heavy atom. The van der Waals surface area contributed by atoms with Gasteiger partial charge in [0.05, 0.1) is 27.3 Å². The van der Waals surface area contributed by atoms with Crippen LogP contribution in [0.2, 0.25) is 0 Å². The Morgan fingerprint density at radius 3 is 2.50 bits per heavy atom. The molecule has 3 aromatic rings. The van der Waals surface area contributed by atoms with E-state index in [4.69, 9.17) is 9.47 Å². The van der Waals surface area contributed by atoms with E-state index >= 15 is 0 Å². The summed E-state index contributed by atoms with van der Waals surface area (Å²) in [4.78, 5) is 29.8. The molecule has 0 unspecified atom stereocenters. The van der Waals surface area contributed by atoms with E-state index in [1.807, 2.05) is 60.0 Å². The number of rotatable bonds is 6. The lowest BCUT2D eigenvalue weighted by molar-refractivity contribution is -0.134. The van der Waals surface area contributed by atoms with Crippen molar-refractivity contribution in [2.24, 2.45) is 0 Å². The number of nitrogens with zero attached hydrogens (tertiary/aromatic N) is 2. The second-order valence-corrected chi connectivity index (χ2v) is 10.2. The minimum atomic E-state index is -1.08. The van der Waals surface area contributed by atoms with Crippen LogP contribution in [-0.2, 0) is 17.9 Å². The molecule has 1 atom stereocenters. The predicted octanol–water partition coefficient (Wildman–Crippen LogP) is 4.91. The molecule has 2 aromatic carbocycles. The van der Waals surface area contributed by atoms with Gasteiger partial charge < -0.3 is 24.3 Å². The quantitative estimate of drug-likeness (QED) is 0.499. The van der Waals surface area contributed by atoms with Crippen molar-refractivity contribution in [1.82, 2.24) is 14.8 Å². The zero-order valence-corrected chi connectivity index (χ0v) is 21.4. The van der Waals surface area contributed by atoms with Crippen LogP contribution in [0.3, 0.4) is 0 Å². The first kappa shape index (κ1) is 24.2. The maximum absolute atomic E-state index is 14.1. The fourth-order valence-corrected chi connectivity index (χ4v) is 5.77. The molecule has 1 N–H and O–H groups in total. The summed E-state index contributed by atoms with van der Waals surface area (Å²) < 4.78 is 13.1. The summed E-state index contributed by atoms with van der Waals surface area (Å²) in [6, 6.07) is 15.7. The van der Waals surface area contributed by atoms with E-state index in [0.29, 0.717) is 23.7 Å². The molecule has 2 heterocycles. The number of hydrogen-bond donors (Lipinski definition) is 1. The van der Waals surface area contributed by atoms with Crippen molar-refractivity contribution in [1.29, 1.82) is 0 Å². The molecule has 1 aromatic heterocycles. The topological polar surface area (TPSA) is 72.8 Å². The van der Waals surface area contributed by atoms with Crippen LogP contribution in [-0.4, -0.2) is 47.1 Å². The Bertz CT molecular complexity index is 1270. The second-order valence-electron chi connectivity index (χ2n) is 10.2. The number of para-hydroxylation sites is 2. The van der Waals surface area contributed by atoms with Gasteiger partial charge in [0.15, 0.2) is 11.5 Å². The Labute approximate surface area is 212 Å². The van der Waals surface area contributed by atoms with Gasteiger partial charge in [-0.05, 0) is 38.0 Å². The first-order valence-corrected chi connectivity index (χ1v) is 12.9. The molecule has 190 valence electrons. The van der Waals surface area contributed by atoms with Crippen molar-refractivity contribution >= 4 is 22.7 Å². The second kappa shape index (κ2) is 9.88. The lowest BCUT2D eigenvalue weighted by Gasteiger charge is -2.44. The molecule has 0 saturated heterocycles. The molecule has 2 amide bonds. The van der Waals surface area contributed by atoms with Gasteiger partial charge in [-0.2, -0.15) is 0 Å². The highest BCUT2D eigenvalue weighted by molar-refractivity contribution is 6.03. The Morgan fingerprint density at radius 2 is 1.78 bits per heavy atom. The number of carbonyl (C=O) groups excluding carboxylic acids is 2. The van der Waals surface area contributed by atoms with E-state index in [9.17, 15) is 9.59 Å². The van der Waals surface area contributed by atoms with Gasteiger partial charge in [-0.3, -0.25) is 9.59 Å². The van der Waals surface area contributed by atoms with E-state index in [1.54, 1.807) is 19.1 Å². The van der Waals surface area contributed by atoms with Gasteiger partial charge in [-0.25, -0.2) is 0 Å². The highest BCUT2D eigenvalue weighted by Crippen LogP contribution is 2.37. The summed E-state index contributed by atoms with van der Waals surface area (Å²) in [5.41, 5.74) is 1.28. The van der Waals surface area contributed by atoms with Crippen molar-refractivity contribution in [3.05, 3.63) is 59.8 Å². The molecular weight excluding hydrogens is 454 g/mol. The summed E-state index contributed by atoms with van der Waals surface area (Å²) in [6.45, 7) is 2.50. The van der Waals surface area contributed by atoms with Crippen LogP contribution in [0.15, 0.2) is 48.5 Å². The number of fused-ring (bicyclic) bond motifs is 3. The summed E-state index contributed by atoms with van der Waals surface area (Å²) in [6.07, 6.45) is 6.63. The third-order valence-electron chi connectivity index (χ3n) is 7.83. The van der Waals surface area contributed by atoms with Gasteiger partial charge in [0.25, 0.3) is 5.91 Å². The standard InChI is InChI=1S/C29H35N3O4/c1-29(28(34)30-22-13-6-4-5-7-14-22)19-31-23-15-9-8-11-20(23)17-24(31)27(33)32(29)18-21-12-10-16-25(35-2)26(21)36-3/h8-12,15-17,22H,4-7,13-14,18-19H2,1-3H3,(H,30,34)/t29-/m1/s1. The fourth-order valence-electron chi connectivity index (χ4n) is 5.77. The third kappa shape index (κ3) is 4.21. The Balaban J connectivity index is 1.56. The molecule has 0 radical (unpaired) electrons. The first-order valence-electron chi connectivity index (χ1n) is 12.9. The number of nitrogens with one attached hydrogen (secondary N) is 1. The maximum Gasteiger partial charge on any atom is 0.271 e. The predicted molar refractivity (Wildman–Crippen MR) is 139 cm³/mol. The average molecular weight is 490 g/mol. The molecule has 5 rings (SSSR count). The van der Waals surface area contributed by atoms with Crippen molar-refractivity contribution in [2.45, 2.75) is 70.1 Å². The van der Waals surface area contributed by atoms with E-state index in [2.05, 4.69) is 5.32 Å². The number of hydrogen-bond acceptors (Lipinski definition) is 4. The van der Waals surface area contributed by atoms with Gasteiger partial charge in [0.2, 0.25) is 5.91 Å². The van der Waals surface area contributed by atoms with Crippen LogP contribution in [0.25, 0.3) is 10.9 Å².